The van der Waals surface area contributed by atoms with E-state index in [9.17, 15) is 0 Å². The van der Waals surface area contributed by atoms with E-state index in [4.69, 9.17) is 9.97 Å². The molecule has 4 heteroatoms. The van der Waals surface area contributed by atoms with Crippen LogP contribution in [0.15, 0.2) is 243 Å². The predicted molar refractivity (Wildman–Crippen MR) is 310 cm³/mol. The van der Waals surface area contributed by atoms with Crippen molar-refractivity contribution in [3.05, 3.63) is 243 Å². The number of rotatable bonds is 6. The first-order valence-electron chi connectivity index (χ1n) is 24.4. The maximum absolute atomic E-state index is 4.96. The van der Waals surface area contributed by atoms with Crippen LogP contribution in [0.2, 0.25) is 0 Å². The Kier molecular flexibility index (Phi) is 9.34. The van der Waals surface area contributed by atoms with Crippen LogP contribution in [-0.4, -0.2) is 9.97 Å². The van der Waals surface area contributed by atoms with Crippen LogP contribution in [0.5, 0.6) is 0 Å². The lowest BCUT2D eigenvalue weighted by Gasteiger charge is -2.20. The summed E-state index contributed by atoms with van der Waals surface area (Å²) in [6.45, 7) is 0. The minimum absolute atomic E-state index is 1.05. The van der Waals surface area contributed by atoms with Gasteiger partial charge in [0.05, 0.1) is 20.4 Å². The zero-order valence-corrected chi connectivity index (χ0v) is 40.4. The van der Waals surface area contributed by atoms with Gasteiger partial charge in [0.2, 0.25) is 0 Å². The zero-order valence-electron chi connectivity index (χ0n) is 38.8. The second-order valence-electron chi connectivity index (χ2n) is 18.9. The summed E-state index contributed by atoms with van der Waals surface area (Å²) < 4.78 is 2.42. The Morgan fingerprint density at radius 3 is 0.972 bits per heavy atom. The van der Waals surface area contributed by atoms with Gasteiger partial charge in [-0.05, 0) is 182 Å². The molecule has 2 heterocycles. The van der Waals surface area contributed by atoms with Crippen LogP contribution in [0, 0.1) is 0 Å². The van der Waals surface area contributed by atoms with E-state index < -0.39 is 0 Å². The summed E-state index contributed by atoms with van der Waals surface area (Å²) in [4.78, 5) is 9.93. The number of para-hydroxylation sites is 2. The first-order chi connectivity index (χ1) is 35.6. The fourth-order valence-corrected chi connectivity index (χ4v) is 12.9. The molecule has 0 radical (unpaired) electrons. The molecule has 334 valence electrons. The van der Waals surface area contributed by atoms with Crippen molar-refractivity contribution in [2.24, 2.45) is 0 Å². The van der Waals surface area contributed by atoms with Gasteiger partial charge < -0.3 is 0 Å². The molecule has 0 spiro atoms. The van der Waals surface area contributed by atoms with Gasteiger partial charge in [0.15, 0.2) is 0 Å². The highest BCUT2D eigenvalue weighted by molar-refractivity contribution is 7.22. The number of benzene rings is 13. The number of nitrogens with zero attached hydrogens (tertiary/aromatic N) is 2. The molecule has 0 aliphatic carbocycles. The maximum Gasteiger partial charge on any atom is 0.124 e. The van der Waals surface area contributed by atoms with E-state index in [0.717, 1.165) is 32.2 Å². The van der Waals surface area contributed by atoms with Crippen LogP contribution in [0.3, 0.4) is 0 Å². The smallest absolute Gasteiger partial charge is 0.124 e. The molecule has 0 amide bonds. The topological polar surface area (TPSA) is 25.8 Å². The molecule has 0 unspecified atom stereocenters. The number of hydrogen-bond donors (Lipinski definition) is 0. The number of thiazole rings is 2. The van der Waals surface area contributed by atoms with Crippen LogP contribution in [0.25, 0.3) is 151 Å². The molecule has 0 aliphatic rings. The molecule has 0 bridgehead atoms. The van der Waals surface area contributed by atoms with E-state index in [1.54, 1.807) is 22.7 Å². The summed E-state index contributed by atoms with van der Waals surface area (Å²) in [5, 5.41) is 16.7. The number of fused-ring (bicyclic) bond motifs is 8. The third-order valence-electron chi connectivity index (χ3n) is 14.6. The van der Waals surface area contributed by atoms with Gasteiger partial charge in [-0.15, -0.1) is 22.7 Å². The normalized spacial score (nSPS) is 11.9. The predicted octanol–water partition coefficient (Wildman–Crippen LogP) is 19.8. The first kappa shape index (κ1) is 41.0. The summed E-state index contributed by atoms with van der Waals surface area (Å²) in [7, 11) is 0. The van der Waals surface area contributed by atoms with E-state index in [2.05, 4.69) is 243 Å². The summed E-state index contributed by atoms with van der Waals surface area (Å²) in [5.74, 6) is 0. The second kappa shape index (κ2) is 16.4. The minimum Gasteiger partial charge on any atom is -0.236 e. The monoisotopic (exact) mass is 948 g/mol. The number of aromatic nitrogens is 2. The molecular weight excluding hydrogens is 909 g/mol. The van der Waals surface area contributed by atoms with Gasteiger partial charge in [-0.25, -0.2) is 9.97 Å². The van der Waals surface area contributed by atoms with Gasteiger partial charge in [-0.1, -0.05) is 170 Å². The van der Waals surface area contributed by atoms with Crippen molar-refractivity contribution < 1.29 is 0 Å². The van der Waals surface area contributed by atoms with Gasteiger partial charge in [0.25, 0.3) is 0 Å². The van der Waals surface area contributed by atoms with Gasteiger partial charge in [0, 0.05) is 11.1 Å². The highest BCUT2D eigenvalue weighted by Gasteiger charge is 2.20. The van der Waals surface area contributed by atoms with Crippen molar-refractivity contribution >= 4 is 108 Å². The van der Waals surface area contributed by atoms with Gasteiger partial charge >= 0.3 is 0 Å². The average molecular weight is 949 g/mol. The molecule has 0 atom stereocenters. The summed E-state index contributed by atoms with van der Waals surface area (Å²) in [5.41, 5.74) is 14.0. The van der Waals surface area contributed by atoms with E-state index >= 15 is 0 Å². The van der Waals surface area contributed by atoms with Crippen molar-refractivity contribution in [2.45, 2.75) is 0 Å². The molecule has 0 aliphatic heterocycles. The Labute approximate surface area is 423 Å². The van der Waals surface area contributed by atoms with E-state index in [0.29, 0.717) is 0 Å². The Bertz CT molecular complexity index is 4350. The van der Waals surface area contributed by atoms with Gasteiger partial charge in [-0.2, -0.15) is 0 Å². The van der Waals surface area contributed by atoms with E-state index in [1.807, 2.05) is 0 Å². The molecule has 2 aromatic heterocycles. The zero-order chi connectivity index (χ0) is 47.3. The maximum atomic E-state index is 4.96. The molecule has 13 aromatic carbocycles. The van der Waals surface area contributed by atoms with Crippen LogP contribution < -0.4 is 0 Å². The van der Waals surface area contributed by atoms with Crippen molar-refractivity contribution in [1.82, 2.24) is 9.97 Å². The van der Waals surface area contributed by atoms with E-state index in [-0.39, 0.29) is 0 Å². The van der Waals surface area contributed by atoms with Gasteiger partial charge in [-0.3, -0.25) is 0 Å². The fourth-order valence-electron chi connectivity index (χ4n) is 11.0. The lowest BCUT2D eigenvalue weighted by Crippen LogP contribution is -1.93. The van der Waals surface area contributed by atoms with Crippen molar-refractivity contribution in [3.63, 3.8) is 0 Å². The third kappa shape index (κ3) is 6.91. The highest BCUT2D eigenvalue weighted by Crippen LogP contribution is 2.47. The highest BCUT2D eigenvalue weighted by atomic mass is 32.1. The van der Waals surface area contributed by atoms with Crippen LogP contribution >= 0.6 is 22.7 Å². The minimum atomic E-state index is 1.05. The van der Waals surface area contributed by atoms with Crippen molar-refractivity contribution in [2.75, 3.05) is 0 Å². The van der Waals surface area contributed by atoms with Gasteiger partial charge in [0.1, 0.15) is 10.0 Å². The molecule has 0 saturated heterocycles. The third-order valence-corrected chi connectivity index (χ3v) is 16.8. The fraction of sp³-hybridized carbons (Fsp3) is 0. The van der Waals surface area contributed by atoms with E-state index in [1.165, 1.54) is 119 Å². The molecule has 15 aromatic rings. The lowest BCUT2D eigenvalue weighted by atomic mass is 9.83. The molecule has 2 nitrogen and oxygen atoms in total. The molecule has 15 rings (SSSR count). The largest absolute Gasteiger partial charge is 0.236 e. The second-order valence-corrected chi connectivity index (χ2v) is 21.0. The summed E-state index contributed by atoms with van der Waals surface area (Å²) in [6.07, 6.45) is 0. The SMILES string of the molecule is c1ccc2cc(-c3c4ccc(-c5ccc6cc(-c7nc8ccccc8s7)ccc6c5)cc4c(-c4ccc5ccccc5c4)c4ccc(-c5ccc6cc(-c7nc8ccccc8s7)ccc6c5)cc34)ccc2c1. The van der Waals surface area contributed by atoms with Crippen LogP contribution in [0.4, 0.5) is 0 Å². The molecule has 72 heavy (non-hydrogen) atoms. The first-order valence-corrected chi connectivity index (χ1v) is 26.1. The van der Waals surface area contributed by atoms with Crippen molar-refractivity contribution in [3.8, 4) is 65.6 Å². The Balaban J connectivity index is 0.922. The molecular formula is C68H40N2S2. The summed E-state index contributed by atoms with van der Waals surface area (Å²) >= 11 is 3.50. The molecule has 0 N–H and O–H groups in total. The Hall–Kier alpha value is -8.80. The Morgan fingerprint density at radius 1 is 0.222 bits per heavy atom. The molecule has 0 saturated carbocycles. The number of hydrogen-bond acceptors (Lipinski definition) is 4. The molecule has 0 fully saturated rings. The standard InChI is InChI=1S/C68H40N2S2/c1-3-11-43-35-53(25-17-41(43)9-1)65-57-31-29-52(48-20-22-50-38-56(28-24-46(50)34-48)68-70-62-14-6-8-16-64(62)72-68)40-60(57)66(54-26-18-42-10-2-4-12-44(42)36-54)58-32-30-51(39-59(58)65)47-19-21-49-37-55(27-23-45(49)33-47)67-69-61-13-5-7-15-63(61)71-67/h1-40H. The quantitative estimate of drug-likeness (QED) is 0.155. The van der Waals surface area contributed by atoms with Crippen molar-refractivity contribution in [1.29, 1.82) is 0 Å². The van der Waals surface area contributed by atoms with Crippen LogP contribution in [-0.2, 0) is 0 Å². The Morgan fingerprint density at radius 2 is 0.528 bits per heavy atom. The lowest BCUT2D eigenvalue weighted by molar-refractivity contribution is 1.48. The summed E-state index contributed by atoms with van der Waals surface area (Å²) in [6, 6.07) is 89.7. The van der Waals surface area contributed by atoms with Crippen LogP contribution in [0.1, 0.15) is 0 Å². The average Bonchev–Trinajstić information content (AvgIpc) is 4.09.